The van der Waals surface area contributed by atoms with Gasteiger partial charge in [-0.1, -0.05) is 30.3 Å². The number of nitrogens with zero attached hydrogens (tertiary/aromatic N) is 2. The number of anilines is 2. The Bertz CT molecular complexity index is 1580. The normalized spacial score (nSPS) is 23.4. The molecule has 9 heteroatoms. The molecule has 3 aromatic rings. The van der Waals surface area contributed by atoms with Gasteiger partial charge in [0.1, 0.15) is 5.69 Å². The van der Waals surface area contributed by atoms with Crippen molar-refractivity contribution in [1.29, 1.82) is 0 Å². The van der Waals surface area contributed by atoms with E-state index in [2.05, 4.69) is 27.9 Å². The van der Waals surface area contributed by atoms with Gasteiger partial charge < -0.3 is 21.1 Å². The largest absolute Gasteiger partial charge is 0.381 e. The minimum absolute atomic E-state index is 0.0216. The Morgan fingerprint density at radius 2 is 1.90 bits per heavy atom. The van der Waals surface area contributed by atoms with Gasteiger partial charge in [-0.15, -0.1) is 0 Å². The highest BCUT2D eigenvalue weighted by atomic mass is 16.5. The Morgan fingerprint density at radius 1 is 1.15 bits per heavy atom. The molecule has 4 aliphatic rings. The van der Waals surface area contributed by atoms with Crippen molar-refractivity contribution in [2.45, 2.75) is 55.9 Å². The zero-order valence-corrected chi connectivity index (χ0v) is 23.4. The first-order valence-corrected chi connectivity index (χ1v) is 14.4. The summed E-state index contributed by atoms with van der Waals surface area (Å²) in [5.41, 5.74) is 9.70. The maximum absolute atomic E-state index is 14.4. The monoisotopic (exact) mass is 553 g/mol. The van der Waals surface area contributed by atoms with Crippen molar-refractivity contribution in [2.75, 3.05) is 23.8 Å². The van der Waals surface area contributed by atoms with Crippen LogP contribution >= 0.6 is 0 Å². The first-order valence-electron chi connectivity index (χ1n) is 14.4. The first kappa shape index (κ1) is 26.1. The number of carbonyl (C=O) groups excluding carboxylic acids is 3. The molecule has 2 spiro atoms. The SMILES string of the molecule is Cn1nccc1C(=O)[C@@](C)(N)C(C(=O)Nc1ccc2c(c1)NC(=O)C21CCOCC1)C1c2ccccc2CC12CC2. The van der Waals surface area contributed by atoms with Gasteiger partial charge in [-0.25, -0.2) is 0 Å². The van der Waals surface area contributed by atoms with Gasteiger partial charge in [-0.2, -0.15) is 5.10 Å². The number of rotatable bonds is 6. The van der Waals surface area contributed by atoms with E-state index in [1.165, 1.54) is 10.2 Å². The van der Waals surface area contributed by atoms with E-state index in [1.807, 2.05) is 30.3 Å². The summed E-state index contributed by atoms with van der Waals surface area (Å²) in [6, 6.07) is 15.5. The molecule has 7 rings (SSSR count). The number of benzene rings is 2. The third kappa shape index (κ3) is 3.89. The molecule has 2 unspecified atom stereocenters. The van der Waals surface area contributed by atoms with Gasteiger partial charge in [0.15, 0.2) is 0 Å². The van der Waals surface area contributed by atoms with Crippen molar-refractivity contribution >= 4 is 29.0 Å². The number of nitrogens with one attached hydrogen (secondary N) is 2. The predicted molar refractivity (Wildman–Crippen MR) is 154 cm³/mol. The molecule has 2 fully saturated rings. The van der Waals surface area contributed by atoms with E-state index in [0.29, 0.717) is 43.1 Å². The van der Waals surface area contributed by atoms with E-state index in [1.54, 1.807) is 26.2 Å². The van der Waals surface area contributed by atoms with Crippen LogP contribution in [-0.4, -0.2) is 46.1 Å². The molecule has 0 bridgehead atoms. The van der Waals surface area contributed by atoms with Crippen molar-refractivity contribution in [3.63, 3.8) is 0 Å². The van der Waals surface area contributed by atoms with E-state index in [4.69, 9.17) is 10.5 Å². The van der Waals surface area contributed by atoms with Crippen LogP contribution in [0.4, 0.5) is 11.4 Å². The summed E-state index contributed by atoms with van der Waals surface area (Å²) in [5, 5.41) is 10.3. The van der Waals surface area contributed by atoms with Gasteiger partial charge in [-0.3, -0.25) is 19.1 Å². The summed E-state index contributed by atoms with van der Waals surface area (Å²) in [6.07, 6.45) is 5.68. The summed E-state index contributed by atoms with van der Waals surface area (Å²) in [7, 11) is 1.70. The van der Waals surface area contributed by atoms with Crippen molar-refractivity contribution in [3.05, 3.63) is 77.1 Å². The molecule has 212 valence electrons. The van der Waals surface area contributed by atoms with E-state index in [0.717, 1.165) is 30.4 Å². The number of Topliss-reactive ketones (excluding diaryl/α,β-unsaturated/α-hetero) is 1. The van der Waals surface area contributed by atoms with E-state index < -0.39 is 16.9 Å². The van der Waals surface area contributed by atoms with Crippen molar-refractivity contribution < 1.29 is 19.1 Å². The minimum Gasteiger partial charge on any atom is -0.381 e. The first-order chi connectivity index (χ1) is 19.7. The lowest BCUT2D eigenvalue weighted by molar-refractivity contribution is -0.124. The highest BCUT2D eigenvalue weighted by Gasteiger charge is 2.62. The molecule has 1 saturated carbocycles. The van der Waals surface area contributed by atoms with Crippen LogP contribution in [0.1, 0.15) is 65.7 Å². The topological polar surface area (TPSA) is 128 Å². The second-order valence-electron chi connectivity index (χ2n) is 12.5. The molecule has 9 nitrogen and oxygen atoms in total. The van der Waals surface area contributed by atoms with Crippen LogP contribution in [0.3, 0.4) is 0 Å². The smallest absolute Gasteiger partial charge is 0.235 e. The summed E-state index contributed by atoms with van der Waals surface area (Å²) in [4.78, 5) is 41.5. The molecule has 2 aromatic carbocycles. The molecule has 41 heavy (non-hydrogen) atoms. The highest BCUT2D eigenvalue weighted by molar-refractivity contribution is 6.09. The second-order valence-corrected chi connectivity index (χ2v) is 12.5. The molecule has 4 N–H and O–H groups in total. The Kier molecular flexibility index (Phi) is 5.79. The molecule has 2 amide bonds. The fourth-order valence-electron chi connectivity index (χ4n) is 7.73. The third-order valence-corrected chi connectivity index (χ3v) is 10.1. The summed E-state index contributed by atoms with van der Waals surface area (Å²) < 4.78 is 7.03. The minimum atomic E-state index is -1.51. The standard InChI is InChI=1S/C32H35N5O4/c1-30(33,27(38)24-9-14-34-37(24)2)26(25-21-6-4-3-5-19(21)18-31(25)10-11-31)28(39)35-20-7-8-22-23(17-20)36-29(40)32(22)12-15-41-16-13-32/h3-9,14,17,25-26H,10-13,15-16,18,33H2,1-2H3,(H,35,39)(H,36,40)/t25?,26?,30-/m0/s1. The van der Waals surface area contributed by atoms with E-state index in [9.17, 15) is 14.4 Å². The van der Waals surface area contributed by atoms with Crippen LogP contribution < -0.4 is 16.4 Å². The lowest BCUT2D eigenvalue weighted by Crippen LogP contribution is -2.58. The van der Waals surface area contributed by atoms with Gasteiger partial charge in [0.05, 0.1) is 16.9 Å². The molecule has 1 aromatic heterocycles. The predicted octanol–water partition coefficient (Wildman–Crippen LogP) is 3.70. The van der Waals surface area contributed by atoms with Crippen LogP contribution in [-0.2, 0) is 33.2 Å². The van der Waals surface area contributed by atoms with Gasteiger partial charge in [0.2, 0.25) is 17.6 Å². The van der Waals surface area contributed by atoms with Crippen molar-refractivity contribution in [2.24, 2.45) is 24.1 Å². The Hall–Kier alpha value is -3.82. The number of aryl methyl sites for hydroxylation is 1. The second kappa shape index (κ2) is 9.09. The maximum atomic E-state index is 14.4. The molecule has 2 aliphatic heterocycles. The molecule has 3 atom stereocenters. The fraction of sp³-hybridized carbons (Fsp3) is 0.438. The maximum Gasteiger partial charge on any atom is 0.235 e. The number of aromatic nitrogens is 2. The lowest BCUT2D eigenvalue weighted by atomic mass is 9.67. The van der Waals surface area contributed by atoms with Crippen molar-refractivity contribution in [1.82, 2.24) is 9.78 Å². The number of ether oxygens (including phenoxy) is 1. The summed E-state index contributed by atoms with van der Waals surface area (Å²) in [5.74, 6) is -1.68. The lowest BCUT2D eigenvalue weighted by Gasteiger charge is -2.39. The number of fused-ring (bicyclic) bond motifs is 3. The zero-order chi connectivity index (χ0) is 28.6. The molecule has 1 saturated heterocycles. The average molecular weight is 554 g/mol. The molecular weight excluding hydrogens is 518 g/mol. The number of amides is 2. The average Bonchev–Trinajstić information content (AvgIpc) is 3.37. The van der Waals surface area contributed by atoms with E-state index in [-0.39, 0.29) is 28.9 Å². The molecule has 0 radical (unpaired) electrons. The number of nitrogens with two attached hydrogens (primary N) is 1. The van der Waals surface area contributed by atoms with Crippen LogP contribution in [0.15, 0.2) is 54.7 Å². The summed E-state index contributed by atoms with van der Waals surface area (Å²) >= 11 is 0. The number of hydrogen-bond donors (Lipinski definition) is 3. The number of carbonyl (C=O) groups is 3. The van der Waals surface area contributed by atoms with Crippen LogP contribution in [0, 0.1) is 11.3 Å². The highest BCUT2D eigenvalue weighted by Crippen LogP contribution is 2.66. The zero-order valence-electron chi connectivity index (χ0n) is 23.4. The number of hydrogen-bond acceptors (Lipinski definition) is 6. The number of ketones is 1. The van der Waals surface area contributed by atoms with Gasteiger partial charge >= 0.3 is 0 Å². The van der Waals surface area contributed by atoms with Crippen molar-refractivity contribution in [3.8, 4) is 0 Å². The van der Waals surface area contributed by atoms with Gasteiger partial charge in [0, 0.05) is 43.8 Å². The molecule has 3 heterocycles. The third-order valence-electron chi connectivity index (χ3n) is 10.1. The van der Waals surface area contributed by atoms with Gasteiger partial charge in [0.25, 0.3) is 0 Å². The van der Waals surface area contributed by atoms with Crippen LogP contribution in [0.25, 0.3) is 0 Å². The molecule has 2 aliphatic carbocycles. The fourth-order valence-corrected chi connectivity index (χ4v) is 7.73. The quantitative estimate of drug-likeness (QED) is 0.400. The Balaban J connectivity index is 1.26. The Morgan fingerprint density at radius 3 is 2.61 bits per heavy atom. The Labute approximate surface area is 238 Å². The summed E-state index contributed by atoms with van der Waals surface area (Å²) in [6.45, 7) is 2.76. The van der Waals surface area contributed by atoms with E-state index >= 15 is 0 Å². The molecular formula is C32H35N5O4. The van der Waals surface area contributed by atoms with Crippen LogP contribution in [0.2, 0.25) is 0 Å². The van der Waals surface area contributed by atoms with Gasteiger partial charge in [-0.05, 0) is 79.3 Å². The van der Waals surface area contributed by atoms with Crippen LogP contribution in [0.5, 0.6) is 0 Å².